The van der Waals surface area contributed by atoms with Gasteiger partial charge in [0, 0.05) is 14.6 Å². The Balaban J connectivity index is 2.37. The Labute approximate surface area is 149 Å². The quantitative estimate of drug-likeness (QED) is 0.274. The molecule has 0 heterocycles. The van der Waals surface area contributed by atoms with E-state index in [1.807, 2.05) is 0 Å². The summed E-state index contributed by atoms with van der Waals surface area (Å²) in [6.07, 6.45) is 1.42. The van der Waals surface area contributed by atoms with Crippen molar-refractivity contribution in [2.24, 2.45) is 5.92 Å². The first-order valence-electron chi connectivity index (χ1n) is 8.25. The average Bonchev–Trinajstić information content (AvgIpc) is 3.10. The van der Waals surface area contributed by atoms with Crippen molar-refractivity contribution in [1.82, 2.24) is 0 Å². The lowest BCUT2D eigenvalue weighted by Gasteiger charge is -2.22. The topological polar surface area (TPSA) is 0 Å². The molecule has 1 aliphatic rings. The van der Waals surface area contributed by atoms with Gasteiger partial charge in [0.15, 0.2) is 0 Å². The van der Waals surface area contributed by atoms with Gasteiger partial charge in [-0.15, -0.1) is 11.8 Å². The van der Waals surface area contributed by atoms with Crippen molar-refractivity contribution < 1.29 is 0 Å². The Hall–Kier alpha value is 0.300. The van der Waals surface area contributed by atoms with E-state index in [0.29, 0.717) is 17.8 Å². The smallest absolute Gasteiger partial charge is 0.0149 e. The summed E-state index contributed by atoms with van der Waals surface area (Å²) in [5, 5.41) is 0. The van der Waals surface area contributed by atoms with E-state index in [0.717, 1.165) is 9.84 Å². The molecule has 118 valence electrons. The summed E-state index contributed by atoms with van der Waals surface area (Å²) in [5.41, 5.74) is 4.64. The first-order valence-corrected chi connectivity index (χ1v) is 10.5. The van der Waals surface area contributed by atoms with E-state index >= 15 is 0 Å². The normalized spacial score (nSPS) is 21.6. The Morgan fingerprint density at radius 3 is 1.81 bits per heavy atom. The number of rotatable bonds is 6. The summed E-state index contributed by atoms with van der Waals surface area (Å²) in [7, 11) is 0. The Bertz CT molecular complexity index is 461. The van der Waals surface area contributed by atoms with E-state index < -0.39 is 0 Å². The van der Waals surface area contributed by atoms with Crippen LogP contribution in [0, 0.1) is 5.92 Å². The Morgan fingerprint density at radius 1 is 1.00 bits per heavy atom. The third-order valence-electron chi connectivity index (χ3n) is 4.36. The fourth-order valence-electron chi connectivity index (χ4n) is 2.63. The number of alkyl halides is 1. The van der Waals surface area contributed by atoms with Gasteiger partial charge in [-0.3, -0.25) is 0 Å². The molecule has 0 N–H and O–H groups in total. The van der Waals surface area contributed by atoms with Crippen LogP contribution in [0.1, 0.15) is 82.4 Å². The minimum absolute atomic E-state index is 0.610. The number of hydrogen-bond donors (Lipinski definition) is 0. The number of thioether (sulfide) groups is 1. The molecular weight excluding hydrogens is 387 g/mol. The van der Waals surface area contributed by atoms with Gasteiger partial charge in [0.05, 0.1) is 0 Å². The van der Waals surface area contributed by atoms with Crippen LogP contribution >= 0.6 is 34.4 Å². The molecule has 1 saturated carbocycles. The van der Waals surface area contributed by atoms with Crippen molar-refractivity contribution in [2.45, 2.75) is 74.5 Å². The van der Waals surface area contributed by atoms with Crippen molar-refractivity contribution in [3.05, 3.63) is 28.8 Å². The number of halogens is 1. The van der Waals surface area contributed by atoms with Crippen LogP contribution < -0.4 is 0 Å². The molecule has 1 aromatic carbocycles. The summed E-state index contributed by atoms with van der Waals surface area (Å²) in [6, 6.07) is 4.94. The highest BCUT2D eigenvalue weighted by Crippen LogP contribution is 2.45. The summed E-state index contributed by atoms with van der Waals surface area (Å²) in [4.78, 5) is 1.58. The zero-order chi connectivity index (χ0) is 15.7. The highest BCUT2D eigenvalue weighted by molar-refractivity contribution is 14.1. The van der Waals surface area contributed by atoms with Crippen LogP contribution in [0.3, 0.4) is 0 Å². The average molecular weight is 416 g/mol. The fraction of sp³-hybridized carbons (Fsp3) is 0.684. The lowest BCUT2D eigenvalue weighted by molar-refractivity contribution is 0.771. The summed E-state index contributed by atoms with van der Waals surface area (Å²) in [5.74, 6) is 4.08. The molecule has 2 heteroatoms. The van der Waals surface area contributed by atoms with Crippen molar-refractivity contribution in [1.29, 1.82) is 0 Å². The molecule has 0 amide bonds. The van der Waals surface area contributed by atoms with Crippen molar-refractivity contribution in [2.75, 3.05) is 5.75 Å². The third kappa shape index (κ3) is 4.40. The molecule has 1 aromatic rings. The van der Waals surface area contributed by atoms with Crippen molar-refractivity contribution >= 4 is 34.4 Å². The second-order valence-electron chi connectivity index (χ2n) is 7.32. The summed E-state index contributed by atoms with van der Waals surface area (Å²) < 4.78 is 0.926. The van der Waals surface area contributed by atoms with E-state index in [1.54, 1.807) is 16.0 Å². The maximum absolute atomic E-state index is 2.60. The molecule has 0 saturated heterocycles. The predicted molar refractivity (Wildman–Crippen MR) is 105 cm³/mol. The van der Waals surface area contributed by atoms with E-state index in [-0.39, 0.29) is 0 Å². The van der Waals surface area contributed by atoms with Crippen LogP contribution in [-0.4, -0.2) is 9.68 Å². The SMILES string of the molecule is CC(C)c1cc(C(C)C)c(SC[C@H]2C[C@H]2I)c(C(C)C)c1. The highest BCUT2D eigenvalue weighted by Gasteiger charge is 2.34. The number of hydrogen-bond acceptors (Lipinski definition) is 1. The van der Waals surface area contributed by atoms with E-state index in [2.05, 4.69) is 88.0 Å². The van der Waals surface area contributed by atoms with Crippen molar-refractivity contribution in [3.63, 3.8) is 0 Å². The van der Waals surface area contributed by atoms with Gasteiger partial charge in [-0.2, -0.15) is 0 Å². The van der Waals surface area contributed by atoms with Gasteiger partial charge >= 0.3 is 0 Å². The lowest BCUT2D eigenvalue weighted by atomic mass is 9.89. The maximum Gasteiger partial charge on any atom is 0.0149 e. The zero-order valence-electron chi connectivity index (χ0n) is 14.2. The van der Waals surface area contributed by atoms with Gasteiger partial charge in [-0.1, -0.05) is 76.3 Å². The van der Waals surface area contributed by atoms with E-state index in [9.17, 15) is 0 Å². The number of benzene rings is 1. The van der Waals surface area contributed by atoms with Gasteiger partial charge < -0.3 is 0 Å². The zero-order valence-corrected chi connectivity index (χ0v) is 17.2. The van der Waals surface area contributed by atoms with Gasteiger partial charge in [-0.05, 0) is 46.8 Å². The molecule has 2 atom stereocenters. The maximum atomic E-state index is 2.60. The molecule has 0 radical (unpaired) electrons. The molecule has 0 aliphatic heterocycles. The summed E-state index contributed by atoms with van der Waals surface area (Å²) in [6.45, 7) is 14.0. The molecule has 21 heavy (non-hydrogen) atoms. The van der Waals surface area contributed by atoms with Crippen LogP contribution in [0.4, 0.5) is 0 Å². The predicted octanol–water partition coefficient (Wildman–Crippen LogP) is 6.97. The fourth-order valence-corrected chi connectivity index (χ4v) is 5.55. The van der Waals surface area contributed by atoms with Gasteiger partial charge in [0.2, 0.25) is 0 Å². The Morgan fingerprint density at radius 2 is 1.48 bits per heavy atom. The van der Waals surface area contributed by atoms with Crippen LogP contribution in [-0.2, 0) is 0 Å². The van der Waals surface area contributed by atoms with Crippen molar-refractivity contribution in [3.8, 4) is 0 Å². The van der Waals surface area contributed by atoms with Gasteiger partial charge in [-0.25, -0.2) is 0 Å². The molecule has 1 aliphatic carbocycles. The molecule has 0 aromatic heterocycles. The molecule has 2 rings (SSSR count). The van der Waals surface area contributed by atoms with E-state index in [1.165, 1.54) is 17.7 Å². The molecule has 0 spiro atoms. The second-order valence-corrected chi connectivity index (χ2v) is 9.95. The summed E-state index contributed by atoms with van der Waals surface area (Å²) >= 11 is 4.72. The highest BCUT2D eigenvalue weighted by atomic mass is 127. The third-order valence-corrected chi connectivity index (χ3v) is 7.24. The van der Waals surface area contributed by atoms with Crippen LogP contribution in [0.25, 0.3) is 0 Å². The van der Waals surface area contributed by atoms with Crippen LogP contribution in [0.15, 0.2) is 17.0 Å². The molecule has 1 fully saturated rings. The van der Waals surface area contributed by atoms with Crippen LogP contribution in [0.5, 0.6) is 0 Å². The molecule has 0 bridgehead atoms. The Kier molecular flexibility index (Phi) is 6.09. The standard InChI is InChI=1S/C19H29IS/c1-11(2)14-7-16(12(3)4)19(17(8-14)13(5)6)21-10-15-9-18(15)20/h7-8,11-13,15,18H,9-10H2,1-6H3/t15-,18-/m1/s1. The molecule has 0 unspecified atom stereocenters. The minimum atomic E-state index is 0.610. The molecular formula is C19H29IS. The van der Waals surface area contributed by atoms with Gasteiger partial charge in [0.25, 0.3) is 0 Å². The lowest BCUT2D eigenvalue weighted by Crippen LogP contribution is -2.03. The monoisotopic (exact) mass is 416 g/mol. The minimum Gasteiger partial charge on any atom is -0.125 e. The molecule has 0 nitrogen and oxygen atoms in total. The first kappa shape index (κ1) is 17.7. The van der Waals surface area contributed by atoms with Crippen LogP contribution in [0.2, 0.25) is 0 Å². The van der Waals surface area contributed by atoms with Gasteiger partial charge in [0.1, 0.15) is 0 Å². The van der Waals surface area contributed by atoms with E-state index in [4.69, 9.17) is 0 Å². The first-order chi connectivity index (χ1) is 9.81. The second kappa shape index (κ2) is 7.25. The largest absolute Gasteiger partial charge is 0.125 e.